The maximum absolute atomic E-state index is 14.3. The largest absolute Gasteiger partial charge is 0.494 e. The fourth-order valence-electron chi connectivity index (χ4n) is 7.28. The van der Waals surface area contributed by atoms with Crippen LogP contribution in [0.3, 0.4) is 0 Å². The van der Waals surface area contributed by atoms with Crippen LogP contribution < -0.4 is 59.6 Å². The van der Waals surface area contributed by atoms with Crippen molar-refractivity contribution in [1.82, 2.24) is 36.8 Å². The number of primary amides is 2. The van der Waals surface area contributed by atoms with Crippen LogP contribution in [0.25, 0.3) is 0 Å². The molecule has 2 saturated heterocycles. The minimum Gasteiger partial charge on any atom is -0.494 e. The lowest BCUT2D eigenvalue weighted by molar-refractivity contribution is -0.142. The quantitative estimate of drug-likeness (QED) is 0.0768. The van der Waals surface area contributed by atoms with Gasteiger partial charge in [-0.1, -0.05) is 32.4 Å². The third-order valence-corrected chi connectivity index (χ3v) is 12.3. The number of aliphatic hydroxyl groups excluding tert-OH is 1. The summed E-state index contributed by atoms with van der Waals surface area (Å²) in [4.78, 5) is 123. The SMILES string of the molecule is CCOc1ccc(C[C@H]2NC(=O)[C@@H](N)CSCC[C@@H](C(=O)N3CCC[C@H]3C(=O)N[C@@H](CCCN)C(N)=O)NC(=O)[C@H](CC(N)=O)NC(=O)[C@H]([C@@H](C)O)NC(=O)[C@H]([C@@H](C)CC)NC2=O)cc1. The van der Waals surface area contributed by atoms with Gasteiger partial charge in [0.1, 0.15) is 48.0 Å². The molecule has 0 spiro atoms. The number of nitrogens with two attached hydrogens (primary N) is 4. The molecular weight excluding hydrogens is 867 g/mol. The molecule has 0 aliphatic carbocycles. The van der Waals surface area contributed by atoms with Crippen molar-refractivity contribution in [1.29, 1.82) is 0 Å². The van der Waals surface area contributed by atoms with E-state index in [0.29, 0.717) is 37.2 Å². The van der Waals surface area contributed by atoms with Crippen molar-refractivity contribution < 1.29 is 53.0 Å². The number of nitrogens with zero attached hydrogens (tertiary/aromatic N) is 1. The molecule has 362 valence electrons. The summed E-state index contributed by atoms with van der Waals surface area (Å²) in [5.74, 6) is -7.43. The maximum Gasteiger partial charge on any atom is 0.245 e. The van der Waals surface area contributed by atoms with Gasteiger partial charge in [-0.2, -0.15) is 11.8 Å². The molecule has 2 fully saturated rings. The van der Waals surface area contributed by atoms with Gasteiger partial charge in [-0.3, -0.25) is 43.2 Å². The van der Waals surface area contributed by atoms with Crippen LogP contribution in [0.1, 0.15) is 78.2 Å². The molecule has 0 saturated carbocycles. The summed E-state index contributed by atoms with van der Waals surface area (Å²) in [7, 11) is 0. The number of carbonyl (C=O) groups excluding carboxylic acids is 9. The minimum atomic E-state index is -1.73. The van der Waals surface area contributed by atoms with E-state index in [4.69, 9.17) is 27.7 Å². The Kier molecular flexibility index (Phi) is 21.9. The fourth-order valence-corrected chi connectivity index (χ4v) is 8.26. The number of hydrogen-bond acceptors (Lipinski definition) is 14. The Morgan fingerprint density at radius 3 is 2.11 bits per heavy atom. The second-order valence-corrected chi connectivity index (χ2v) is 17.4. The van der Waals surface area contributed by atoms with Gasteiger partial charge in [-0.25, -0.2) is 0 Å². The Balaban J connectivity index is 2.03. The van der Waals surface area contributed by atoms with Gasteiger partial charge in [0, 0.05) is 18.7 Å². The molecule has 10 atom stereocenters. The number of likely N-dealkylation sites (tertiary alicyclic amines) is 1. The van der Waals surface area contributed by atoms with E-state index in [9.17, 15) is 48.3 Å². The number of thioether (sulfide) groups is 1. The number of nitrogens with one attached hydrogen (secondary N) is 6. The van der Waals surface area contributed by atoms with Crippen molar-refractivity contribution in [3.05, 3.63) is 29.8 Å². The number of aliphatic hydroxyl groups is 1. The Labute approximate surface area is 382 Å². The van der Waals surface area contributed by atoms with Gasteiger partial charge < -0.3 is 69.6 Å². The van der Waals surface area contributed by atoms with Crippen molar-refractivity contribution >= 4 is 64.9 Å². The monoisotopic (exact) mass is 933 g/mol. The van der Waals surface area contributed by atoms with E-state index in [2.05, 4.69) is 31.9 Å². The number of benzene rings is 1. The maximum atomic E-state index is 14.3. The van der Waals surface area contributed by atoms with E-state index < -0.39 is 120 Å². The standard InChI is InChI=1S/C42H67N11O11S/c1-5-22(3)33-40(61)52-34(23(4)54)41(62)50-30(20-32(45)55)37(58)48-28(42(63)53-17-8-10-31(53)39(60)47-27(35(46)56)9-7-16-43)15-18-65-21-26(44)36(57)49-29(38(59)51-33)19-24-11-13-25(14-12-24)64-6-2/h11-14,22-23,26-31,33-34,54H,5-10,15-21,43-44H2,1-4H3,(H2,45,55)(H2,46,56)(H,47,60)(H,48,58)(H,49,57)(H,50,62)(H,51,59)(H,52,61)/t22-,23+,26-,27-,28-,29+,30-,31-,33-,34-/m0/s1. The molecule has 9 amide bonds. The number of carbonyl (C=O) groups is 9. The summed E-state index contributed by atoms with van der Waals surface area (Å²) < 4.78 is 5.53. The first kappa shape index (κ1) is 53.8. The third kappa shape index (κ3) is 16.5. The van der Waals surface area contributed by atoms with Crippen molar-refractivity contribution in [3.8, 4) is 5.75 Å². The van der Waals surface area contributed by atoms with Crippen LogP contribution >= 0.6 is 11.8 Å². The number of hydrogen-bond donors (Lipinski definition) is 11. The zero-order valence-corrected chi connectivity index (χ0v) is 38.3. The number of amides is 9. The molecule has 1 aromatic rings. The van der Waals surface area contributed by atoms with Crippen LogP contribution in [0.4, 0.5) is 0 Å². The van der Waals surface area contributed by atoms with Crippen molar-refractivity contribution in [3.63, 3.8) is 0 Å². The summed E-state index contributed by atoms with van der Waals surface area (Å²) in [6, 6.07) is -3.76. The molecule has 2 aliphatic rings. The lowest BCUT2D eigenvalue weighted by atomic mass is 9.96. The van der Waals surface area contributed by atoms with Crippen molar-refractivity contribution in [2.45, 2.75) is 134 Å². The van der Waals surface area contributed by atoms with Gasteiger partial charge in [-0.05, 0) is 81.9 Å². The van der Waals surface area contributed by atoms with Gasteiger partial charge >= 0.3 is 0 Å². The van der Waals surface area contributed by atoms with Crippen LogP contribution in [0.15, 0.2) is 24.3 Å². The molecule has 0 radical (unpaired) electrons. The normalized spacial score (nSPS) is 25.6. The average Bonchev–Trinajstić information content (AvgIpc) is 3.76. The molecule has 0 bridgehead atoms. The van der Waals surface area contributed by atoms with Crippen molar-refractivity contribution in [2.75, 3.05) is 31.2 Å². The summed E-state index contributed by atoms with van der Waals surface area (Å²) in [5.41, 5.74) is 23.6. The summed E-state index contributed by atoms with van der Waals surface area (Å²) in [6.07, 6.45) is -0.896. The summed E-state index contributed by atoms with van der Waals surface area (Å²) in [6.45, 7) is 7.26. The van der Waals surface area contributed by atoms with Crippen LogP contribution in [0.2, 0.25) is 0 Å². The average molecular weight is 934 g/mol. The molecule has 1 aromatic carbocycles. The highest BCUT2D eigenvalue weighted by Crippen LogP contribution is 2.21. The van der Waals surface area contributed by atoms with E-state index in [0.717, 1.165) is 11.8 Å². The molecule has 0 unspecified atom stereocenters. The molecular formula is C42H67N11O11S. The Hall–Kier alpha value is -5.52. The molecule has 0 aromatic heterocycles. The first-order chi connectivity index (χ1) is 30.8. The lowest BCUT2D eigenvalue weighted by Gasteiger charge is -2.31. The van der Waals surface area contributed by atoms with E-state index >= 15 is 0 Å². The summed E-state index contributed by atoms with van der Waals surface area (Å²) in [5, 5.41) is 26.2. The molecule has 2 aliphatic heterocycles. The molecule has 2 heterocycles. The van der Waals surface area contributed by atoms with E-state index in [-0.39, 0.29) is 50.3 Å². The lowest BCUT2D eigenvalue weighted by Crippen LogP contribution is -2.63. The zero-order valence-electron chi connectivity index (χ0n) is 37.5. The second-order valence-electron chi connectivity index (χ2n) is 16.3. The molecule has 65 heavy (non-hydrogen) atoms. The highest BCUT2D eigenvalue weighted by molar-refractivity contribution is 7.99. The van der Waals surface area contributed by atoms with Gasteiger partial charge in [0.15, 0.2) is 0 Å². The van der Waals surface area contributed by atoms with Crippen LogP contribution in [-0.4, -0.2) is 149 Å². The fraction of sp³-hybridized carbons (Fsp3) is 0.643. The predicted octanol–water partition coefficient (Wildman–Crippen LogP) is -3.48. The van der Waals surface area contributed by atoms with E-state index in [1.165, 1.54) is 11.8 Å². The highest BCUT2D eigenvalue weighted by Gasteiger charge is 2.41. The van der Waals surface area contributed by atoms with Gasteiger partial charge in [0.05, 0.1) is 25.2 Å². The van der Waals surface area contributed by atoms with E-state index in [1.54, 1.807) is 38.1 Å². The third-order valence-electron chi connectivity index (χ3n) is 11.2. The van der Waals surface area contributed by atoms with Crippen molar-refractivity contribution in [2.24, 2.45) is 28.9 Å². The Morgan fingerprint density at radius 2 is 1.51 bits per heavy atom. The van der Waals surface area contributed by atoms with E-state index in [1.807, 2.05) is 6.92 Å². The number of ether oxygens (including phenoxy) is 1. The molecule has 15 N–H and O–H groups in total. The predicted molar refractivity (Wildman–Crippen MR) is 240 cm³/mol. The number of rotatable bonds is 16. The molecule has 3 rings (SSSR count). The van der Waals surface area contributed by atoms with Crippen LogP contribution in [-0.2, 0) is 49.6 Å². The minimum absolute atomic E-state index is 0.0108. The second kappa shape index (κ2) is 26.4. The first-order valence-corrected chi connectivity index (χ1v) is 23.1. The Morgan fingerprint density at radius 1 is 0.877 bits per heavy atom. The van der Waals surface area contributed by atoms with Crippen LogP contribution in [0, 0.1) is 5.92 Å². The molecule has 23 heteroatoms. The highest BCUT2D eigenvalue weighted by atomic mass is 32.2. The Bertz CT molecular complexity index is 1840. The van der Waals surface area contributed by atoms with Gasteiger partial charge in [0.25, 0.3) is 0 Å². The smallest absolute Gasteiger partial charge is 0.245 e. The first-order valence-electron chi connectivity index (χ1n) is 21.9. The summed E-state index contributed by atoms with van der Waals surface area (Å²) >= 11 is 1.15. The molecule has 22 nitrogen and oxygen atoms in total. The zero-order chi connectivity index (χ0) is 48.4. The van der Waals surface area contributed by atoms with Crippen LogP contribution in [0.5, 0.6) is 5.75 Å². The van der Waals surface area contributed by atoms with Gasteiger partial charge in [0.2, 0.25) is 53.2 Å². The topological polar surface area (TPSA) is 363 Å². The van der Waals surface area contributed by atoms with Gasteiger partial charge in [-0.15, -0.1) is 0 Å².